The monoisotopic (exact) mass is 391 g/mol. The summed E-state index contributed by atoms with van der Waals surface area (Å²) in [5.74, 6) is 1.51. The van der Waals surface area contributed by atoms with Crippen LogP contribution in [0, 0.1) is 18.7 Å². The summed E-state index contributed by atoms with van der Waals surface area (Å²) < 4.78 is 13.0. The van der Waals surface area contributed by atoms with Crippen molar-refractivity contribution in [2.75, 3.05) is 20.1 Å². The first-order valence-electron chi connectivity index (χ1n) is 6.88. The molecule has 0 amide bonds. The van der Waals surface area contributed by atoms with Crippen LogP contribution in [-0.2, 0) is 6.42 Å². The molecule has 3 nitrogen and oxygen atoms in total. The third kappa shape index (κ3) is 5.64. The molecule has 1 aliphatic rings. The van der Waals surface area contributed by atoms with Crippen LogP contribution in [0.15, 0.2) is 23.2 Å². The Morgan fingerprint density at radius 3 is 2.70 bits per heavy atom. The van der Waals surface area contributed by atoms with Gasteiger partial charge in [0.2, 0.25) is 0 Å². The highest BCUT2D eigenvalue weighted by atomic mass is 127. The van der Waals surface area contributed by atoms with E-state index in [1.807, 2.05) is 13.0 Å². The number of guanidine groups is 1. The number of nitrogens with zero attached hydrogens (tertiary/aromatic N) is 1. The lowest BCUT2D eigenvalue weighted by atomic mass is 10.1. The number of nitrogens with one attached hydrogen (secondary N) is 2. The zero-order valence-corrected chi connectivity index (χ0v) is 14.4. The molecule has 0 radical (unpaired) electrons. The molecular formula is C15H23FIN3. The van der Waals surface area contributed by atoms with Gasteiger partial charge in [-0.15, -0.1) is 24.0 Å². The third-order valence-corrected chi connectivity index (χ3v) is 3.47. The first-order chi connectivity index (χ1) is 9.19. The van der Waals surface area contributed by atoms with Crippen molar-refractivity contribution < 1.29 is 4.39 Å². The number of hydrogen-bond acceptors (Lipinski definition) is 1. The van der Waals surface area contributed by atoms with E-state index >= 15 is 0 Å². The number of aliphatic imine (C=N–C) groups is 1. The number of benzene rings is 1. The summed E-state index contributed by atoms with van der Waals surface area (Å²) in [4.78, 5) is 4.19. The minimum atomic E-state index is -0.170. The van der Waals surface area contributed by atoms with Gasteiger partial charge in [-0.05, 0) is 55.4 Å². The van der Waals surface area contributed by atoms with Gasteiger partial charge in [0.05, 0.1) is 0 Å². The molecule has 1 aromatic carbocycles. The standard InChI is InChI=1S/C15H22FN3.HI/c1-11-9-14(16)6-5-13(11)7-8-18-15(17-2)19-10-12-3-4-12;/h5-6,9,12H,3-4,7-8,10H2,1-2H3,(H2,17,18,19);1H. The van der Waals surface area contributed by atoms with Crippen molar-refractivity contribution in [3.05, 3.63) is 35.1 Å². The van der Waals surface area contributed by atoms with Gasteiger partial charge >= 0.3 is 0 Å². The fraction of sp³-hybridized carbons (Fsp3) is 0.533. The van der Waals surface area contributed by atoms with E-state index in [2.05, 4.69) is 15.6 Å². The zero-order valence-electron chi connectivity index (χ0n) is 12.1. The Kier molecular flexibility index (Phi) is 7.26. The molecule has 0 spiro atoms. The molecule has 0 saturated heterocycles. The smallest absolute Gasteiger partial charge is 0.190 e. The van der Waals surface area contributed by atoms with Gasteiger partial charge in [0.15, 0.2) is 5.96 Å². The molecular weight excluding hydrogens is 368 g/mol. The van der Waals surface area contributed by atoms with Crippen LogP contribution in [0.3, 0.4) is 0 Å². The Labute approximate surface area is 137 Å². The van der Waals surface area contributed by atoms with E-state index in [4.69, 9.17) is 0 Å². The van der Waals surface area contributed by atoms with Crippen LogP contribution >= 0.6 is 24.0 Å². The molecule has 0 atom stereocenters. The van der Waals surface area contributed by atoms with E-state index in [-0.39, 0.29) is 29.8 Å². The van der Waals surface area contributed by atoms with Gasteiger partial charge in [-0.3, -0.25) is 4.99 Å². The zero-order chi connectivity index (χ0) is 13.7. The second kappa shape index (κ2) is 8.44. The maximum atomic E-state index is 13.0. The first-order valence-corrected chi connectivity index (χ1v) is 6.88. The quantitative estimate of drug-likeness (QED) is 0.460. The molecule has 0 heterocycles. The highest BCUT2D eigenvalue weighted by Gasteiger charge is 2.20. The van der Waals surface area contributed by atoms with Gasteiger partial charge < -0.3 is 10.6 Å². The molecule has 2 rings (SSSR count). The molecule has 1 aliphatic carbocycles. The van der Waals surface area contributed by atoms with Gasteiger partial charge in [0.1, 0.15) is 5.82 Å². The average Bonchev–Trinajstić information content (AvgIpc) is 3.20. The molecule has 0 aromatic heterocycles. The Hall–Kier alpha value is -0.850. The normalized spacial score (nSPS) is 14.7. The second-order valence-corrected chi connectivity index (χ2v) is 5.14. The summed E-state index contributed by atoms with van der Waals surface area (Å²) in [6, 6.07) is 4.95. The summed E-state index contributed by atoms with van der Waals surface area (Å²) >= 11 is 0. The number of halogens is 2. The number of aryl methyl sites for hydroxylation is 1. The molecule has 1 aromatic rings. The molecule has 2 N–H and O–H groups in total. The number of rotatable bonds is 5. The van der Waals surface area contributed by atoms with Crippen LogP contribution in [0.5, 0.6) is 0 Å². The van der Waals surface area contributed by atoms with E-state index < -0.39 is 0 Å². The maximum Gasteiger partial charge on any atom is 0.190 e. The summed E-state index contributed by atoms with van der Waals surface area (Å²) in [7, 11) is 1.78. The van der Waals surface area contributed by atoms with Crippen molar-refractivity contribution in [2.24, 2.45) is 10.9 Å². The van der Waals surface area contributed by atoms with Crippen LogP contribution in [-0.4, -0.2) is 26.1 Å². The largest absolute Gasteiger partial charge is 0.356 e. The van der Waals surface area contributed by atoms with Crippen LogP contribution in [0.1, 0.15) is 24.0 Å². The van der Waals surface area contributed by atoms with Crippen molar-refractivity contribution >= 4 is 29.9 Å². The molecule has 5 heteroatoms. The van der Waals surface area contributed by atoms with Gasteiger partial charge in [0.25, 0.3) is 0 Å². The van der Waals surface area contributed by atoms with E-state index in [9.17, 15) is 4.39 Å². The predicted molar refractivity (Wildman–Crippen MR) is 92.3 cm³/mol. The highest BCUT2D eigenvalue weighted by Crippen LogP contribution is 2.27. The van der Waals surface area contributed by atoms with E-state index in [0.29, 0.717) is 0 Å². The van der Waals surface area contributed by atoms with E-state index in [0.717, 1.165) is 37.0 Å². The molecule has 0 bridgehead atoms. The van der Waals surface area contributed by atoms with Crippen LogP contribution in [0.25, 0.3) is 0 Å². The summed E-state index contributed by atoms with van der Waals surface area (Å²) in [5, 5.41) is 6.61. The van der Waals surface area contributed by atoms with Crippen molar-refractivity contribution in [3.63, 3.8) is 0 Å². The maximum absolute atomic E-state index is 13.0. The molecule has 20 heavy (non-hydrogen) atoms. The second-order valence-electron chi connectivity index (χ2n) is 5.14. The van der Waals surface area contributed by atoms with Gasteiger partial charge in [-0.1, -0.05) is 6.07 Å². The SMILES string of the molecule is CN=C(NCCc1ccc(F)cc1C)NCC1CC1.I. The average molecular weight is 391 g/mol. The Bertz CT molecular complexity index is 458. The highest BCUT2D eigenvalue weighted by molar-refractivity contribution is 14.0. The fourth-order valence-corrected chi connectivity index (χ4v) is 2.04. The summed E-state index contributed by atoms with van der Waals surface area (Å²) in [6.45, 7) is 3.75. The first kappa shape index (κ1) is 17.2. The lowest BCUT2D eigenvalue weighted by molar-refractivity contribution is 0.625. The minimum Gasteiger partial charge on any atom is -0.356 e. The van der Waals surface area contributed by atoms with E-state index in [1.165, 1.54) is 24.5 Å². The van der Waals surface area contributed by atoms with Gasteiger partial charge in [0, 0.05) is 20.1 Å². The molecule has 0 aliphatic heterocycles. The van der Waals surface area contributed by atoms with Crippen molar-refractivity contribution in [1.29, 1.82) is 0 Å². The van der Waals surface area contributed by atoms with E-state index in [1.54, 1.807) is 13.1 Å². The lowest BCUT2D eigenvalue weighted by Gasteiger charge is -2.12. The summed E-state index contributed by atoms with van der Waals surface area (Å²) in [5.41, 5.74) is 2.18. The molecule has 0 unspecified atom stereocenters. The Morgan fingerprint density at radius 2 is 2.10 bits per heavy atom. The van der Waals surface area contributed by atoms with Crippen molar-refractivity contribution in [3.8, 4) is 0 Å². The van der Waals surface area contributed by atoms with Crippen LogP contribution in [0.2, 0.25) is 0 Å². The third-order valence-electron chi connectivity index (χ3n) is 3.47. The van der Waals surface area contributed by atoms with Crippen LogP contribution in [0.4, 0.5) is 4.39 Å². The Morgan fingerprint density at radius 1 is 1.35 bits per heavy atom. The van der Waals surface area contributed by atoms with Gasteiger partial charge in [-0.25, -0.2) is 4.39 Å². The summed E-state index contributed by atoms with van der Waals surface area (Å²) in [6.07, 6.45) is 3.54. The lowest BCUT2D eigenvalue weighted by Crippen LogP contribution is -2.39. The molecule has 1 saturated carbocycles. The Balaban J connectivity index is 0.00000200. The topological polar surface area (TPSA) is 36.4 Å². The minimum absolute atomic E-state index is 0. The molecule has 112 valence electrons. The van der Waals surface area contributed by atoms with Crippen LogP contribution < -0.4 is 10.6 Å². The number of hydrogen-bond donors (Lipinski definition) is 2. The van der Waals surface area contributed by atoms with Crippen molar-refractivity contribution in [2.45, 2.75) is 26.2 Å². The molecule has 1 fully saturated rings. The predicted octanol–water partition coefficient (Wildman–Crippen LogP) is 2.87. The van der Waals surface area contributed by atoms with Gasteiger partial charge in [-0.2, -0.15) is 0 Å². The fourth-order valence-electron chi connectivity index (χ4n) is 2.04. The van der Waals surface area contributed by atoms with Crippen molar-refractivity contribution in [1.82, 2.24) is 10.6 Å².